The second kappa shape index (κ2) is 8.50. The van der Waals surface area contributed by atoms with E-state index in [-0.39, 0.29) is 0 Å². The lowest BCUT2D eigenvalue weighted by Crippen LogP contribution is -2.04. The van der Waals surface area contributed by atoms with Crippen LogP contribution >= 0.6 is 11.3 Å². The van der Waals surface area contributed by atoms with E-state index in [9.17, 15) is 13.2 Å². The average Bonchev–Trinajstić information content (AvgIpc) is 3.21. The number of pyridine rings is 1. The zero-order chi connectivity index (χ0) is 21.0. The van der Waals surface area contributed by atoms with E-state index in [1.165, 1.54) is 23.5 Å². The molecule has 0 amide bonds. The van der Waals surface area contributed by atoms with Gasteiger partial charge >= 0.3 is 6.18 Å². The Morgan fingerprint density at radius 2 is 1.63 bits per heavy atom. The minimum absolute atomic E-state index is 0.384. The molecule has 0 spiro atoms. The first-order valence-electron chi connectivity index (χ1n) is 8.88. The molecule has 30 heavy (non-hydrogen) atoms. The summed E-state index contributed by atoms with van der Waals surface area (Å²) in [6, 6.07) is 16.0. The Bertz CT molecular complexity index is 1120. The van der Waals surface area contributed by atoms with Crippen LogP contribution in [-0.2, 0) is 12.8 Å². The van der Waals surface area contributed by atoms with Gasteiger partial charge in [-0.3, -0.25) is 4.98 Å². The van der Waals surface area contributed by atoms with Gasteiger partial charge < -0.3 is 10.1 Å². The standard InChI is InChI=1S/C21H15F3N4OS/c22-21(23,24)15-5-7-16(8-6-15)26-20-28-27-19(30-20)17-3-1-2-4-18(17)29-13-14-9-11-25-12-10-14/h1-12H,13H2,(H,26,28). The van der Waals surface area contributed by atoms with Gasteiger partial charge in [0.15, 0.2) is 5.01 Å². The van der Waals surface area contributed by atoms with Crippen molar-refractivity contribution in [2.45, 2.75) is 12.8 Å². The predicted molar refractivity (Wildman–Crippen MR) is 109 cm³/mol. The molecule has 0 atom stereocenters. The second-order valence-corrected chi connectivity index (χ2v) is 7.23. The van der Waals surface area contributed by atoms with Crippen LogP contribution < -0.4 is 10.1 Å². The SMILES string of the molecule is FC(F)(F)c1ccc(Nc2nnc(-c3ccccc3OCc3ccncc3)s2)cc1. The average molecular weight is 428 g/mol. The zero-order valence-corrected chi connectivity index (χ0v) is 16.2. The molecule has 2 aromatic heterocycles. The molecule has 4 rings (SSSR count). The summed E-state index contributed by atoms with van der Waals surface area (Å²) < 4.78 is 44.0. The number of ether oxygens (including phenoxy) is 1. The lowest BCUT2D eigenvalue weighted by molar-refractivity contribution is -0.137. The quantitative estimate of drug-likeness (QED) is 0.412. The highest BCUT2D eigenvalue weighted by molar-refractivity contribution is 7.18. The van der Waals surface area contributed by atoms with E-state index in [4.69, 9.17) is 4.74 Å². The lowest BCUT2D eigenvalue weighted by atomic mass is 10.2. The van der Waals surface area contributed by atoms with Crippen molar-refractivity contribution < 1.29 is 17.9 Å². The minimum Gasteiger partial charge on any atom is -0.488 e. The van der Waals surface area contributed by atoms with Gasteiger partial charge in [0, 0.05) is 18.1 Å². The van der Waals surface area contributed by atoms with Crippen molar-refractivity contribution in [1.29, 1.82) is 0 Å². The molecule has 0 bridgehead atoms. The van der Waals surface area contributed by atoms with E-state index in [1.807, 2.05) is 36.4 Å². The Hall–Kier alpha value is -3.46. The molecular formula is C21H15F3N4OS. The number of anilines is 2. The van der Waals surface area contributed by atoms with Crippen LogP contribution in [-0.4, -0.2) is 15.2 Å². The summed E-state index contributed by atoms with van der Waals surface area (Å²) in [7, 11) is 0. The number of alkyl halides is 3. The van der Waals surface area contributed by atoms with Gasteiger partial charge in [0.2, 0.25) is 5.13 Å². The third kappa shape index (κ3) is 4.74. The van der Waals surface area contributed by atoms with Crippen molar-refractivity contribution in [2.24, 2.45) is 0 Å². The number of aromatic nitrogens is 3. The molecule has 0 fully saturated rings. The maximum Gasteiger partial charge on any atom is 0.416 e. The Balaban J connectivity index is 1.49. The molecule has 152 valence electrons. The van der Waals surface area contributed by atoms with Crippen LogP contribution in [0.4, 0.5) is 24.0 Å². The molecular weight excluding hydrogens is 413 g/mol. The Kier molecular flexibility index (Phi) is 5.62. The highest BCUT2D eigenvalue weighted by Crippen LogP contribution is 2.35. The van der Waals surface area contributed by atoms with Gasteiger partial charge in [0.25, 0.3) is 0 Å². The van der Waals surface area contributed by atoms with Crippen LogP contribution in [0, 0.1) is 0 Å². The molecule has 9 heteroatoms. The topological polar surface area (TPSA) is 59.9 Å². The maximum atomic E-state index is 12.7. The highest BCUT2D eigenvalue weighted by Gasteiger charge is 2.29. The van der Waals surface area contributed by atoms with E-state index in [1.54, 1.807) is 12.4 Å². The molecule has 1 N–H and O–H groups in total. The first-order valence-corrected chi connectivity index (χ1v) is 9.69. The van der Waals surface area contributed by atoms with Gasteiger partial charge in [-0.25, -0.2) is 0 Å². The molecule has 0 aliphatic heterocycles. The molecule has 5 nitrogen and oxygen atoms in total. The normalized spacial score (nSPS) is 11.3. The molecule has 0 aliphatic carbocycles. The summed E-state index contributed by atoms with van der Waals surface area (Å²) in [6.07, 6.45) is -0.961. The van der Waals surface area contributed by atoms with Crippen LogP contribution in [0.25, 0.3) is 10.6 Å². The van der Waals surface area contributed by atoms with Crippen LogP contribution in [0.15, 0.2) is 73.1 Å². The maximum absolute atomic E-state index is 12.7. The van der Waals surface area contributed by atoms with Crippen molar-refractivity contribution >= 4 is 22.2 Å². The van der Waals surface area contributed by atoms with E-state index in [0.717, 1.165) is 23.3 Å². The Morgan fingerprint density at radius 1 is 0.900 bits per heavy atom. The molecule has 4 aromatic rings. The fourth-order valence-corrected chi connectivity index (χ4v) is 3.45. The largest absolute Gasteiger partial charge is 0.488 e. The zero-order valence-electron chi connectivity index (χ0n) is 15.4. The van der Waals surface area contributed by atoms with Crippen LogP contribution in [0.3, 0.4) is 0 Å². The number of hydrogen-bond donors (Lipinski definition) is 1. The van der Waals surface area contributed by atoms with Gasteiger partial charge in [0.1, 0.15) is 12.4 Å². The van der Waals surface area contributed by atoms with Crippen LogP contribution in [0.5, 0.6) is 5.75 Å². The van der Waals surface area contributed by atoms with Crippen LogP contribution in [0.1, 0.15) is 11.1 Å². The van der Waals surface area contributed by atoms with Gasteiger partial charge in [-0.05, 0) is 54.1 Å². The Labute approximate surface area is 174 Å². The molecule has 0 saturated heterocycles. The number of hydrogen-bond acceptors (Lipinski definition) is 6. The van der Waals surface area contributed by atoms with Crippen molar-refractivity contribution in [3.63, 3.8) is 0 Å². The summed E-state index contributed by atoms with van der Waals surface area (Å²) in [5, 5.41) is 12.4. The number of rotatable bonds is 6. The van der Waals surface area contributed by atoms with Gasteiger partial charge in [-0.2, -0.15) is 13.2 Å². The summed E-state index contributed by atoms with van der Waals surface area (Å²) in [5.41, 5.74) is 1.56. The highest BCUT2D eigenvalue weighted by atomic mass is 32.1. The third-order valence-electron chi connectivity index (χ3n) is 4.15. The first-order chi connectivity index (χ1) is 14.5. The number of benzene rings is 2. The Morgan fingerprint density at radius 3 is 2.37 bits per heavy atom. The third-order valence-corrected chi connectivity index (χ3v) is 5.02. The van der Waals surface area contributed by atoms with Crippen molar-refractivity contribution in [3.05, 3.63) is 84.2 Å². The number of para-hydroxylation sites is 1. The molecule has 0 aliphatic rings. The molecule has 2 aromatic carbocycles. The molecule has 2 heterocycles. The van der Waals surface area contributed by atoms with Crippen LogP contribution in [0.2, 0.25) is 0 Å². The van der Waals surface area contributed by atoms with Crippen molar-refractivity contribution in [1.82, 2.24) is 15.2 Å². The predicted octanol–water partition coefficient (Wildman–Crippen LogP) is 5.94. The smallest absolute Gasteiger partial charge is 0.416 e. The summed E-state index contributed by atoms with van der Waals surface area (Å²) in [4.78, 5) is 3.98. The van der Waals surface area contributed by atoms with Gasteiger partial charge in [-0.15, -0.1) is 10.2 Å². The van der Waals surface area contributed by atoms with E-state index in [2.05, 4.69) is 20.5 Å². The van der Waals surface area contributed by atoms with E-state index in [0.29, 0.717) is 28.2 Å². The van der Waals surface area contributed by atoms with Crippen molar-refractivity contribution in [3.8, 4) is 16.3 Å². The lowest BCUT2D eigenvalue weighted by Gasteiger charge is -2.09. The summed E-state index contributed by atoms with van der Waals surface area (Å²) in [6.45, 7) is 0.384. The van der Waals surface area contributed by atoms with Gasteiger partial charge in [-0.1, -0.05) is 23.5 Å². The van der Waals surface area contributed by atoms with E-state index >= 15 is 0 Å². The van der Waals surface area contributed by atoms with Gasteiger partial charge in [0.05, 0.1) is 11.1 Å². The second-order valence-electron chi connectivity index (χ2n) is 6.25. The molecule has 0 unspecified atom stereocenters. The van der Waals surface area contributed by atoms with Crippen molar-refractivity contribution in [2.75, 3.05) is 5.32 Å². The molecule has 0 radical (unpaired) electrons. The number of halogens is 3. The number of nitrogens with one attached hydrogen (secondary N) is 1. The minimum atomic E-state index is -4.37. The summed E-state index contributed by atoms with van der Waals surface area (Å²) in [5.74, 6) is 0.659. The summed E-state index contributed by atoms with van der Waals surface area (Å²) >= 11 is 1.28. The monoisotopic (exact) mass is 428 g/mol. The molecule has 0 saturated carbocycles. The fourth-order valence-electron chi connectivity index (χ4n) is 2.66. The fraction of sp³-hybridized carbons (Fsp3) is 0.0952. The number of nitrogens with zero attached hydrogens (tertiary/aromatic N) is 3. The van der Waals surface area contributed by atoms with E-state index < -0.39 is 11.7 Å². The first kappa shape index (κ1) is 19.8.